The molecule has 0 atom stereocenters. The van der Waals surface area contributed by atoms with Crippen molar-refractivity contribution in [2.75, 3.05) is 5.33 Å². The van der Waals surface area contributed by atoms with Gasteiger partial charge in [0.1, 0.15) is 4.21 Å². The highest BCUT2D eigenvalue weighted by Gasteiger charge is 2.22. The number of carbonyl (C=O) groups is 2. The molecule has 1 aromatic carbocycles. The number of ketones is 2. The Morgan fingerprint density at radius 2 is 1.65 bits per heavy atom. The summed E-state index contributed by atoms with van der Waals surface area (Å²) in [6, 6.07) is 13.2. The van der Waals surface area contributed by atoms with Gasteiger partial charge in [-0.2, -0.15) is 0 Å². The topological polar surface area (TPSA) is 94.3 Å². The van der Waals surface area contributed by atoms with Gasteiger partial charge in [-0.25, -0.2) is 13.6 Å². The number of hydrogen-bond donors (Lipinski definition) is 1. The van der Waals surface area contributed by atoms with Gasteiger partial charge < -0.3 is 0 Å². The van der Waals surface area contributed by atoms with E-state index >= 15 is 0 Å². The molecule has 0 aliphatic heterocycles. The molecule has 12 heteroatoms. The lowest BCUT2D eigenvalue weighted by molar-refractivity contribution is 0.101. The van der Waals surface area contributed by atoms with Crippen molar-refractivity contribution < 1.29 is 18.0 Å². The highest BCUT2D eigenvalue weighted by molar-refractivity contribution is 9.09. The maximum atomic E-state index is 11.4. The van der Waals surface area contributed by atoms with Gasteiger partial charge in [-0.05, 0) is 24.6 Å². The lowest BCUT2D eigenvalue weighted by Gasteiger charge is -2.01. The van der Waals surface area contributed by atoms with Crippen LogP contribution in [0.1, 0.15) is 33.2 Å². The Kier molecular flexibility index (Phi) is 10.2. The predicted molar refractivity (Wildman–Crippen MR) is 134 cm³/mol. The van der Waals surface area contributed by atoms with Crippen LogP contribution in [-0.4, -0.2) is 25.3 Å². The molecule has 166 valence electrons. The van der Waals surface area contributed by atoms with Gasteiger partial charge in [0.25, 0.3) is 0 Å². The summed E-state index contributed by atoms with van der Waals surface area (Å²) in [4.78, 5) is 22.7. The molecule has 31 heavy (non-hydrogen) atoms. The van der Waals surface area contributed by atoms with Gasteiger partial charge in [0, 0.05) is 11.3 Å². The monoisotopic (exact) mass is 599 g/mol. The largest absolute Gasteiger partial charge is 0.294 e. The molecule has 0 spiro atoms. The number of Topliss-reactive ketones (excluding diaryl/α,β-unsaturated/α-hetero) is 2. The molecular weight excluding hydrogens is 585 g/mol. The molecule has 2 aromatic heterocycles. The van der Waals surface area contributed by atoms with Crippen LogP contribution < -0.4 is 5.14 Å². The highest BCUT2D eigenvalue weighted by atomic mass is 79.9. The summed E-state index contributed by atoms with van der Waals surface area (Å²) >= 11 is 18.4. The molecule has 3 rings (SSSR count). The summed E-state index contributed by atoms with van der Waals surface area (Å²) in [6.45, 7) is 1.57. The first-order valence-electron chi connectivity index (χ1n) is 8.41. The van der Waals surface area contributed by atoms with Crippen LogP contribution in [0.15, 0.2) is 50.9 Å². The Hall–Kier alpha value is -0.720. The minimum Gasteiger partial charge on any atom is -0.294 e. The molecule has 0 aliphatic rings. The molecule has 0 bridgehead atoms. The zero-order valence-corrected chi connectivity index (χ0v) is 22.3. The van der Waals surface area contributed by atoms with E-state index in [1.807, 2.05) is 18.2 Å². The SMILES string of the molecule is CC(=O)c1cc(Cl)sc1SCc1ccccc1.NS(=O)(=O)c1sc(Cl)cc1C(=O)CBr. The Labute approximate surface area is 211 Å². The number of nitrogens with two attached hydrogens (primary N) is 1. The molecule has 3 aromatic rings. The molecule has 0 fully saturated rings. The second-order valence-corrected chi connectivity index (χ2v) is 12.9. The van der Waals surface area contributed by atoms with E-state index < -0.39 is 10.0 Å². The number of thioether (sulfide) groups is 1. The fourth-order valence-corrected chi connectivity index (χ4v) is 7.55. The van der Waals surface area contributed by atoms with Crippen molar-refractivity contribution in [2.45, 2.75) is 21.1 Å². The summed E-state index contributed by atoms with van der Waals surface area (Å²) in [5, 5.41) is 4.95. The van der Waals surface area contributed by atoms with Crippen LogP contribution in [0.5, 0.6) is 0 Å². The standard InChI is InChI=1S/C13H11ClOS2.C6H5BrClNO3S2/c1-9(15)11-7-12(14)17-13(11)16-8-10-5-3-2-4-6-10;7-2-4(10)3-1-5(8)13-6(3)14(9,11)12/h2-7H,8H2,1H3;1H,2H2,(H2,9,11,12). The second-order valence-electron chi connectivity index (χ2n) is 5.94. The molecule has 0 unspecified atom stereocenters. The zero-order valence-electron chi connectivity index (χ0n) is 15.9. The number of halogens is 3. The van der Waals surface area contributed by atoms with Gasteiger partial charge in [0.2, 0.25) is 10.0 Å². The number of carbonyl (C=O) groups excluding carboxylic acids is 2. The van der Waals surface area contributed by atoms with E-state index in [2.05, 4.69) is 28.1 Å². The number of primary sulfonamides is 1. The van der Waals surface area contributed by atoms with Gasteiger partial charge in [-0.1, -0.05) is 69.5 Å². The minimum atomic E-state index is -3.88. The quantitative estimate of drug-likeness (QED) is 0.189. The number of alkyl halides is 1. The fourth-order valence-electron chi connectivity index (χ4n) is 2.24. The van der Waals surface area contributed by atoms with Crippen LogP contribution in [0.4, 0.5) is 0 Å². The number of sulfonamides is 1. The third kappa shape index (κ3) is 7.97. The van der Waals surface area contributed by atoms with Crippen LogP contribution >= 0.6 is 73.6 Å². The highest BCUT2D eigenvalue weighted by Crippen LogP contribution is 2.36. The average molecular weight is 601 g/mol. The van der Waals surface area contributed by atoms with Gasteiger partial charge in [-0.3, -0.25) is 9.59 Å². The molecular formula is C19H16BrCl2NO4S4. The fraction of sp³-hybridized carbons (Fsp3) is 0.158. The second kappa shape index (κ2) is 11.9. The third-order valence-corrected chi connectivity index (χ3v) is 9.48. The third-order valence-electron chi connectivity index (χ3n) is 3.61. The van der Waals surface area contributed by atoms with Crippen molar-refractivity contribution in [3.8, 4) is 0 Å². The lowest BCUT2D eigenvalue weighted by atomic mass is 10.2. The zero-order chi connectivity index (χ0) is 23.2. The first-order valence-corrected chi connectivity index (χ1v) is 14.5. The van der Waals surface area contributed by atoms with Crippen molar-refractivity contribution >= 4 is 95.2 Å². The van der Waals surface area contributed by atoms with Crippen molar-refractivity contribution in [3.63, 3.8) is 0 Å². The lowest BCUT2D eigenvalue weighted by Crippen LogP contribution is -2.14. The van der Waals surface area contributed by atoms with Crippen molar-refractivity contribution in [1.82, 2.24) is 0 Å². The first-order chi connectivity index (χ1) is 14.5. The van der Waals surface area contributed by atoms with Crippen LogP contribution in [0.3, 0.4) is 0 Å². The normalized spacial score (nSPS) is 11.0. The molecule has 0 aliphatic carbocycles. The van der Waals surface area contributed by atoms with Gasteiger partial charge >= 0.3 is 0 Å². The molecule has 0 saturated heterocycles. The Morgan fingerprint density at radius 3 is 2.19 bits per heavy atom. The Morgan fingerprint density at radius 1 is 1.06 bits per heavy atom. The van der Waals surface area contributed by atoms with E-state index in [0.29, 0.717) is 4.34 Å². The van der Waals surface area contributed by atoms with Crippen molar-refractivity contribution in [2.24, 2.45) is 5.14 Å². The Bertz CT molecular complexity index is 1180. The number of benzene rings is 1. The smallest absolute Gasteiger partial charge is 0.248 e. The molecule has 0 saturated carbocycles. The molecule has 0 amide bonds. The van der Waals surface area contributed by atoms with Crippen molar-refractivity contribution in [1.29, 1.82) is 0 Å². The maximum absolute atomic E-state index is 11.4. The van der Waals surface area contributed by atoms with E-state index in [4.69, 9.17) is 28.3 Å². The van der Waals surface area contributed by atoms with Crippen LogP contribution in [0, 0.1) is 0 Å². The van der Waals surface area contributed by atoms with Crippen molar-refractivity contribution in [3.05, 3.63) is 67.8 Å². The number of hydrogen-bond acceptors (Lipinski definition) is 7. The van der Waals surface area contributed by atoms with Gasteiger partial charge in [-0.15, -0.1) is 34.4 Å². The average Bonchev–Trinajstić information content (AvgIpc) is 3.29. The summed E-state index contributed by atoms with van der Waals surface area (Å²) in [6.07, 6.45) is 0. The van der Waals surface area contributed by atoms with E-state index in [9.17, 15) is 18.0 Å². The molecule has 2 heterocycles. The van der Waals surface area contributed by atoms with E-state index in [1.165, 1.54) is 23.0 Å². The summed E-state index contributed by atoms with van der Waals surface area (Å²) in [7, 11) is -3.88. The maximum Gasteiger partial charge on any atom is 0.248 e. The first kappa shape index (κ1) is 26.5. The summed E-state index contributed by atoms with van der Waals surface area (Å²) in [5.41, 5.74) is 2.02. The van der Waals surface area contributed by atoms with Crippen LogP contribution in [0.25, 0.3) is 0 Å². The van der Waals surface area contributed by atoms with Gasteiger partial charge in [0.15, 0.2) is 11.6 Å². The molecule has 5 nitrogen and oxygen atoms in total. The van der Waals surface area contributed by atoms with E-state index in [-0.39, 0.29) is 31.0 Å². The minimum absolute atomic E-state index is 0.0303. The number of rotatable bonds is 7. The van der Waals surface area contributed by atoms with E-state index in [1.54, 1.807) is 24.8 Å². The predicted octanol–water partition coefficient (Wildman–Crippen LogP) is 6.52. The van der Waals surface area contributed by atoms with Crippen LogP contribution in [0.2, 0.25) is 8.67 Å². The Balaban J connectivity index is 0.000000225. The van der Waals surface area contributed by atoms with E-state index in [0.717, 1.165) is 26.9 Å². The van der Waals surface area contributed by atoms with Gasteiger partial charge in [0.05, 0.1) is 23.8 Å². The summed E-state index contributed by atoms with van der Waals surface area (Å²) < 4.78 is 23.8. The summed E-state index contributed by atoms with van der Waals surface area (Å²) in [5.74, 6) is 0.568. The molecule has 0 radical (unpaired) electrons. The number of thiophene rings is 2. The van der Waals surface area contributed by atoms with Crippen LogP contribution in [-0.2, 0) is 15.8 Å². The molecule has 2 N–H and O–H groups in total.